The summed E-state index contributed by atoms with van der Waals surface area (Å²) in [6.45, 7) is 8.43. The van der Waals surface area contributed by atoms with Gasteiger partial charge in [0.1, 0.15) is 12.4 Å². The molecule has 0 aliphatic rings. The fourth-order valence-electron chi connectivity index (χ4n) is 4.14. The molecule has 0 saturated heterocycles. The maximum absolute atomic E-state index is 11.0. The summed E-state index contributed by atoms with van der Waals surface area (Å²) in [4.78, 5) is 12.3. The number of fused-ring (bicyclic) bond motifs is 1. The summed E-state index contributed by atoms with van der Waals surface area (Å²) in [7, 11) is 0. The number of aryl methyl sites for hydroxylation is 2. The Kier molecular flexibility index (Phi) is 10.8. The molecule has 0 saturated carbocycles. The van der Waals surface area contributed by atoms with Gasteiger partial charge < -0.3 is 14.6 Å². The molecule has 0 bridgehead atoms. The molecular weight excluding hydrogens is 456 g/mol. The SMILES string of the molecule is C=CC(=O)OCCCCC(O)COc1ccc2cc(-c3ccc(CCCCC)cc3CC)sc2c1. The normalized spacial score (nSPS) is 12.0. The monoisotopic (exact) mass is 494 g/mol. The third-order valence-corrected chi connectivity index (χ3v) is 7.29. The Morgan fingerprint density at radius 1 is 1.09 bits per heavy atom. The van der Waals surface area contributed by atoms with Crippen molar-refractivity contribution in [2.75, 3.05) is 13.2 Å². The van der Waals surface area contributed by atoms with E-state index in [-0.39, 0.29) is 6.61 Å². The highest BCUT2D eigenvalue weighted by Crippen LogP contribution is 2.37. The Bertz CT molecular complexity index is 1100. The Morgan fingerprint density at radius 3 is 2.71 bits per heavy atom. The van der Waals surface area contributed by atoms with Crippen LogP contribution in [-0.2, 0) is 22.4 Å². The molecule has 5 heteroatoms. The molecule has 1 aromatic heterocycles. The first-order valence-corrected chi connectivity index (χ1v) is 13.6. The zero-order chi connectivity index (χ0) is 25.0. The lowest BCUT2D eigenvalue weighted by Gasteiger charge is -2.12. The second-order valence-electron chi connectivity index (χ2n) is 8.94. The van der Waals surface area contributed by atoms with Crippen LogP contribution >= 0.6 is 11.3 Å². The summed E-state index contributed by atoms with van der Waals surface area (Å²) < 4.78 is 12.0. The lowest BCUT2D eigenvalue weighted by molar-refractivity contribution is -0.137. The average molecular weight is 495 g/mol. The highest BCUT2D eigenvalue weighted by molar-refractivity contribution is 7.22. The molecule has 35 heavy (non-hydrogen) atoms. The van der Waals surface area contributed by atoms with Crippen LogP contribution in [0.4, 0.5) is 0 Å². The quantitative estimate of drug-likeness (QED) is 0.135. The van der Waals surface area contributed by atoms with E-state index in [1.807, 2.05) is 6.07 Å². The van der Waals surface area contributed by atoms with Gasteiger partial charge in [-0.2, -0.15) is 0 Å². The Hall–Kier alpha value is -2.63. The highest BCUT2D eigenvalue weighted by atomic mass is 32.1. The van der Waals surface area contributed by atoms with Crippen molar-refractivity contribution in [3.8, 4) is 16.2 Å². The number of aliphatic hydroxyl groups is 1. The third kappa shape index (κ3) is 8.22. The largest absolute Gasteiger partial charge is 0.491 e. The first kappa shape index (κ1) is 27.0. The van der Waals surface area contributed by atoms with Gasteiger partial charge in [-0.1, -0.05) is 51.5 Å². The number of carbonyl (C=O) groups excluding carboxylic acids is 1. The molecule has 3 rings (SSSR count). The topological polar surface area (TPSA) is 55.8 Å². The number of rotatable bonds is 15. The number of benzene rings is 2. The Balaban J connectivity index is 1.57. The maximum Gasteiger partial charge on any atom is 0.330 e. The molecule has 1 N–H and O–H groups in total. The summed E-state index contributed by atoms with van der Waals surface area (Å²) >= 11 is 1.79. The van der Waals surface area contributed by atoms with Gasteiger partial charge in [0.25, 0.3) is 0 Å². The van der Waals surface area contributed by atoms with Crippen LogP contribution in [0.3, 0.4) is 0 Å². The van der Waals surface area contributed by atoms with E-state index < -0.39 is 12.1 Å². The fraction of sp³-hybridized carbons (Fsp3) is 0.433. The van der Waals surface area contributed by atoms with Gasteiger partial charge >= 0.3 is 5.97 Å². The van der Waals surface area contributed by atoms with Gasteiger partial charge in [0.15, 0.2) is 0 Å². The molecule has 0 fully saturated rings. The van der Waals surface area contributed by atoms with Crippen LogP contribution in [-0.4, -0.2) is 30.4 Å². The van der Waals surface area contributed by atoms with Gasteiger partial charge in [0, 0.05) is 15.7 Å². The van der Waals surface area contributed by atoms with Crippen LogP contribution in [0, 0.1) is 0 Å². The second kappa shape index (κ2) is 14.1. The molecule has 2 aromatic carbocycles. The number of ether oxygens (including phenoxy) is 2. The zero-order valence-electron chi connectivity index (χ0n) is 21.1. The highest BCUT2D eigenvalue weighted by Gasteiger charge is 2.11. The van der Waals surface area contributed by atoms with Crippen LogP contribution in [0.1, 0.15) is 63.5 Å². The zero-order valence-corrected chi connectivity index (χ0v) is 21.9. The summed E-state index contributed by atoms with van der Waals surface area (Å²) in [5.41, 5.74) is 4.17. The number of aliphatic hydroxyl groups excluding tert-OH is 1. The van der Waals surface area contributed by atoms with Gasteiger partial charge in [0.2, 0.25) is 0 Å². The van der Waals surface area contributed by atoms with Crippen molar-refractivity contribution in [3.05, 3.63) is 66.2 Å². The van der Waals surface area contributed by atoms with Crippen LogP contribution in [0.15, 0.2) is 55.1 Å². The number of hydrogen-bond donors (Lipinski definition) is 1. The van der Waals surface area contributed by atoms with Crippen molar-refractivity contribution in [2.45, 2.75) is 71.3 Å². The number of thiophene rings is 1. The molecule has 188 valence electrons. The molecule has 0 amide bonds. The van der Waals surface area contributed by atoms with Gasteiger partial charge in [0.05, 0.1) is 12.7 Å². The van der Waals surface area contributed by atoms with Gasteiger partial charge in [-0.15, -0.1) is 11.3 Å². The van der Waals surface area contributed by atoms with E-state index in [1.165, 1.54) is 50.9 Å². The molecule has 0 spiro atoms. The summed E-state index contributed by atoms with van der Waals surface area (Å²) in [6, 6.07) is 15.4. The standard InChI is InChI=1S/C30H38O4S/c1-4-7-8-11-22-13-16-27(23(5-2)18-22)29-19-24-14-15-26(20-28(24)35-29)34-21-25(31)12-9-10-17-33-30(32)6-3/h6,13-16,18-20,25,31H,3-5,7-12,17,21H2,1-2H3. The number of unbranched alkanes of at least 4 members (excludes halogenated alkanes) is 3. The van der Waals surface area contributed by atoms with E-state index in [4.69, 9.17) is 9.47 Å². The van der Waals surface area contributed by atoms with E-state index in [0.29, 0.717) is 19.4 Å². The number of esters is 1. The maximum atomic E-state index is 11.0. The minimum absolute atomic E-state index is 0.246. The predicted octanol–water partition coefficient (Wildman–Crippen LogP) is 7.50. The number of hydrogen-bond acceptors (Lipinski definition) is 5. The fourth-order valence-corrected chi connectivity index (χ4v) is 5.29. The molecule has 1 unspecified atom stereocenters. The average Bonchev–Trinajstić information content (AvgIpc) is 3.30. The van der Waals surface area contributed by atoms with Crippen LogP contribution in [0.2, 0.25) is 0 Å². The van der Waals surface area contributed by atoms with E-state index in [2.05, 4.69) is 56.8 Å². The third-order valence-electron chi connectivity index (χ3n) is 6.16. The van der Waals surface area contributed by atoms with E-state index in [9.17, 15) is 9.90 Å². The van der Waals surface area contributed by atoms with E-state index in [0.717, 1.165) is 31.1 Å². The predicted molar refractivity (Wildman–Crippen MR) is 146 cm³/mol. The molecule has 1 heterocycles. The summed E-state index contributed by atoms with van der Waals surface area (Å²) in [5, 5.41) is 11.4. The van der Waals surface area contributed by atoms with Crippen LogP contribution in [0.25, 0.3) is 20.5 Å². The van der Waals surface area contributed by atoms with Crippen LogP contribution in [0.5, 0.6) is 5.75 Å². The molecule has 1 atom stereocenters. The van der Waals surface area contributed by atoms with Crippen molar-refractivity contribution in [2.24, 2.45) is 0 Å². The van der Waals surface area contributed by atoms with Crippen LogP contribution < -0.4 is 4.74 Å². The summed E-state index contributed by atoms with van der Waals surface area (Å²) in [6.07, 6.45) is 8.65. The molecule has 0 aliphatic carbocycles. The second-order valence-corrected chi connectivity index (χ2v) is 10.0. The van der Waals surface area contributed by atoms with E-state index >= 15 is 0 Å². The smallest absolute Gasteiger partial charge is 0.330 e. The molecular formula is C30H38O4S. The Labute approximate surface area is 213 Å². The lowest BCUT2D eigenvalue weighted by Crippen LogP contribution is -2.17. The summed E-state index contributed by atoms with van der Waals surface area (Å²) in [5.74, 6) is 0.359. The molecule has 0 radical (unpaired) electrons. The lowest BCUT2D eigenvalue weighted by atomic mass is 9.98. The van der Waals surface area contributed by atoms with Crippen molar-refractivity contribution >= 4 is 27.4 Å². The van der Waals surface area contributed by atoms with Crippen molar-refractivity contribution in [3.63, 3.8) is 0 Å². The van der Waals surface area contributed by atoms with E-state index in [1.54, 1.807) is 11.3 Å². The van der Waals surface area contributed by atoms with Crippen molar-refractivity contribution in [1.29, 1.82) is 0 Å². The minimum Gasteiger partial charge on any atom is -0.491 e. The molecule has 3 aromatic rings. The van der Waals surface area contributed by atoms with Crippen molar-refractivity contribution in [1.82, 2.24) is 0 Å². The first-order chi connectivity index (χ1) is 17.0. The van der Waals surface area contributed by atoms with Crippen molar-refractivity contribution < 1.29 is 19.4 Å². The molecule has 0 aliphatic heterocycles. The first-order valence-electron chi connectivity index (χ1n) is 12.8. The molecule has 4 nitrogen and oxygen atoms in total. The number of carbonyl (C=O) groups is 1. The Morgan fingerprint density at radius 2 is 1.94 bits per heavy atom. The van der Waals surface area contributed by atoms with Gasteiger partial charge in [-0.25, -0.2) is 4.79 Å². The minimum atomic E-state index is -0.553. The van der Waals surface area contributed by atoms with Gasteiger partial charge in [-0.3, -0.25) is 0 Å². The van der Waals surface area contributed by atoms with Gasteiger partial charge in [-0.05, 0) is 84.9 Å².